The molecule has 1 aliphatic heterocycles. The van der Waals surface area contributed by atoms with E-state index in [9.17, 15) is 4.79 Å². The van der Waals surface area contributed by atoms with Gasteiger partial charge in [-0.3, -0.25) is 4.79 Å². The van der Waals surface area contributed by atoms with E-state index in [1.807, 2.05) is 60.4 Å². The number of carbonyl (C=O) groups excluding carboxylic acids is 1. The molecule has 4 heteroatoms. The van der Waals surface area contributed by atoms with E-state index in [4.69, 9.17) is 4.74 Å². The quantitative estimate of drug-likeness (QED) is 0.592. The zero-order valence-corrected chi connectivity index (χ0v) is 18.0. The second-order valence-electron chi connectivity index (χ2n) is 8.04. The molecule has 1 heterocycles. The molecule has 0 bridgehead atoms. The van der Waals surface area contributed by atoms with Gasteiger partial charge in [0.2, 0.25) is 0 Å². The van der Waals surface area contributed by atoms with Gasteiger partial charge in [-0.05, 0) is 62.6 Å². The highest BCUT2D eigenvalue weighted by Gasteiger charge is 2.35. The smallest absolute Gasteiger partial charge is 0.258 e. The minimum atomic E-state index is 0.0498. The van der Waals surface area contributed by atoms with Gasteiger partial charge >= 0.3 is 0 Å². The molecular weight excluding hydrogens is 372 g/mol. The van der Waals surface area contributed by atoms with Gasteiger partial charge in [0.1, 0.15) is 5.75 Å². The number of para-hydroxylation sites is 3. The molecule has 0 spiro atoms. The van der Waals surface area contributed by atoms with Crippen molar-refractivity contribution < 1.29 is 9.53 Å². The summed E-state index contributed by atoms with van der Waals surface area (Å²) in [7, 11) is 1.68. The molecule has 0 saturated heterocycles. The standard InChI is InChI=1S/C26H28N2O2/c1-17-12-14-20(15-13-17)26(29)28-19(3)16-23(21-9-7-8-18(2)25(21)28)27-22-10-5-6-11-24(22)30-4/h5-15,19,23,27H,16H2,1-4H3/t19-,23+/m1/s1. The van der Waals surface area contributed by atoms with Crippen molar-refractivity contribution in [1.29, 1.82) is 0 Å². The lowest BCUT2D eigenvalue weighted by molar-refractivity contribution is 0.0974. The lowest BCUT2D eigenvalue weighted by Gasteiger charge is -2.41. The van der Waals surface area contributed by atoms with E-state index >= 15 is 0 Å². The highest BCUT2D eigenvalue weighted by Crippen LogP contribution is 2.42. The lowest BCUT2D eigenvalue weighted by Crippen LogP contribution is -2.44. The van der Waals surface area contributed by atoms with Crippen LogP contribution in [0.3, 0.4) is 0 Å². The Morgan fingerprint density at radius 3 is 2.47 bits per heavy atom. The van der Waals surface area contributed by atoms with Crippen LogP contribution in [0.4, 0.5) is 11.4 Å². The third kappa shape index (κ3) is 3.65. The van der Waals surface area contributed by atoms with Crippen LogP contribution < -0.4 is 15.0 Å². The number of benzene rings is 3. The van der Waals surface area contributed by atoms with Crippen molar-refractivity contribution in [3.05, 3.63) is 89.0 Å². The molecule has 0 fully saturated rings. The topological polar surface area (TPSA) is 41.6 Å². The summed E-state index contributed by atoms with van der Waals surface area (Å²) in [6.45, 7) is 6.23. The Bertz CT molecular complexity index is 1060. The number of nitrogens with zero attached hydrogens (tertiary/aromatic N) is 1. The predicted molar refractivity (Wildman–Crippen MR) is 123 cm³/mol. The number of rotatable bonds is 4. The summed E-state index contributed by atoms with van der Waals surface area (Å²) in [6, 6.07) is 22.2. The first kappa shape index (κ1) is 20.0. The van der Waals surface area contributed by atoms with E-state index in [1.54, 1.807) is 7.11 Å². The fourth-order valence-electron chi connectivity index (χ4n) is 4.31. The third-order valence-electron chi connectivity index (χ3n) is 5.86. The second-order valence-corrected chi connectivity index (χ2v) is 8.04. The molecule has 0 saturated carbocycles. The normalized spacial score (nSPS) is 17.9. The average Bonchev–Trinajstić information content (AvgIpc) is 2.75. The number of carbonyl (C=O) groups is 1. The minimum Gasteiger partial charge on any atom is -0.495 e. The fraction of sp³-hybridized carbons (Fsp3) is 0.269. The highest BCUT2D eigenvalue weighted by molar-refractivity contribution is 6.07. The lowest BCUT2D eigenvalue weighted by atomic mass is 9.88. The number of hydrogen-bond donors (Lipinski definition) is 1. The minimum absolute atomic E-state index is 0.0498. The Labute approximate surface area is 178 Å². The van der Waals surface area contributed by atoms with Crippen LogP contribution >= 0.6 is 0 Å². The van der Waals surface area contributed by atoms with E-state index in [1.165, 1.54) is 0 Å². The van der Waals surface area contributed by atoms with E-state index in [0.717, 1.165) is 45.8 Å². The molecule has 4 rings (SSSR count). The summed E-state index contributed by atoms with van der Waals surface area (Å²) >= 11 is 0. The Hall–Kier alpha value is -3.27. The number of hydrogen-bond acceptors (Lipinski definition) is 3. The largest absolute Gasteiger partial charge is 0.495 e. The Morgan fingerprint density at radius 1 is 1.00 bits per heavy atom. The number of methoxy groups -OCH3 is 1. The Morgan fingerprint density at radius 2 is 1.73 bits per heavy atom. The first-order valence-corrected chi connectivity index (χ1v) is 10.4. The first-order chi connectivity index (χ1) is 14.5. The van der Waals surface area contributed by atoms with Gasteiger partial charge in [-0.1, -0.05) is 48.0 Å². The van der Waals surface area contributed by atoms with Crippen LogP contribution in [-0.4, -0.2) is 19.1 Å². The van der Waals surface area contributed by atoms with Crippen molar-refractivity contribution in [3.8, 4) is 5.75 Å². The van der Waals surface area contributed by atoms with Crippen molar-refractivity contribution in [2.24, 2.45) is 0 Å². The molecule has 30 heavy (non-hydrogen) atoms. The second kappa shape index (κ2) is 8.23. The maximum Gasteiger partial charge on any atom is 0.258 e. The average molecular weight is 401 g/mol. The monoisotopic (exact) mass is 400 g/mol. The molecule has 1 amide bonds. The zero-order valence-electron chi connectivity index (χ0n) is 18.0. The number of fused-ring (bicyclic) bond motifs is 1. The molecule has 2 atom stereocenters. The van der Waals surface area contributed by atoms with Gasteiger partial charge in [-0.15, -0.1) is 0 Å². The highest BCUT2D eigenvalue weighted by atomic mass is 16.5. The number of amides is 1. The number of anilines is 2. The van der Waals surface area contributed by atoms with E-state index in [-0.39, 0.29) is 18.0 Å². The SMILES string of the molecule is COc1ccccc1N[C@H]1C[C@@H](C)N(C(=O)c2ccc(C)cc2)c2c(C)cccc21. The van der Waals surface area contributed by atoms with Crippen molar-refractivity contribution >= 4 is 17.3 Å². The third-order valence-corrected chi connectivity index (χ3v) is 5.86. The molecule has 4 nitrogen and oxygen atoms in total. The summed E-state index contributed by atoms with van der Waals surface area (Å²) in [5, 5.41) is 3.66. The molecule has 0 aromatic heterocycles. The van der Waals surface area contributed by atoms with Gasteiger partial charge in [0.05, 0.1) is 24.5 Å². The summed E-state index contributed by atoms with van der Waals surface area (Å²) in [6.07, 6.45) is 0.812. The zero-order chi connectivity index (χ0) is 21.3. The van der Waals surface area contributed by atoms with Crippen molar-refractivity contribution in [1.82, 2.24) is 0 Å². The summed E-state index contributed by atoms with van der Waals surface area (Å²) in [5.74, 6) is 0.867. The number of nitrogens with one attached hydrogen (secondary N) is 1. The van der Waals surface area contributed by atoms with Gasteiger partial charge in [-0.25, -0.2) is 0 Å². The van der Waals surface area contributed by atoms with Crippen molar-refractivity contribution in [3.63, 3.8) is 0 Å². The van der Waals surface area contributed by atoms with Gasteiger partial charge in [0.25, 0.3) is 5.91 Å². The van der Waals surface area contributed by atoms with Gasteiger partial charge in [0.15, 0.2) is 0 Å². The van der Waals surface area contributed by atoms with Crippen LogP contribution in [0, 0.1) is 13.8 Å². The first-order valence-electron chi connectivity index (χ1n) is 10.4. The maximum atomic E-state index is 13.5. The van der Waals surface area contributed by atoms with Crippen molar-refractivity contribution in [2.75, 3.05) is 17.3 Å². The summed E-state index contributed by atoms with van der Waals surface area (Å²) in [5.41, 5.74) is 6.08. The van der Waals surface area contributed by atoms with Crippen LogP contribution in [0.5, 0.6) is 5.75 Å². The molecule has 0 unspecified atom stereocenters. The van der Waals surface area contributed by atoms with Crippen molar-refractivity contribution in [2.45, 2.75) is 39.3 Å². The predicted octanol–water partition coefficient (Wildman–Crippen LogP) is 5.90. The fourth-order valence-corrected chi connectivity index (χ4v) is 4.31. The molecule has 3 aromatic rings. The number of aryl methyl sites for hydroxylation is 2. The molecule has 1 N–H and O–H groups in total. The van der Waals surface area contributed by atoms with Crippen LogP contribution in [-0.2, 0) is 0 Å². The molecule has 0 radical (unpaired) electrons. The van der Waals surface area contributed by atoms with Crippen LogP contribution in [0.15, 0.2) is 66.7 Å². The van der Waals surface area contributed by atoms with E-state index in [2.05, 4.69) is 37.4 Å². The van der Waals surface area contributed by atoms with Gasteiger partial charge < -0.3 is 15.0 Å². The molecular formula is C26H28N2O2. The Kier molecular flexibility index (Phi) is 5.49. The van der Waals surface area contributed by atoms with E-state index < -0.39 is 0 Å². The Balaban J connectivity index is 1.74. The molecule has 154 valence electrons. The molecule has 0 aliphatic carbocycles. The number of ether oxygens (including phenoxy) is 1. The molecule has 1 aliphatic rings. The van der Waals surface area contributed by atoms with Crippen LogP contribution in [0.25, 0.3) is 0 Å². The summed E-state index contributed by atoms with van der Waals surface area (Å²) < 4.78 is 5.53. The van der Waals surface area contributed by atoms with Crippen LogP contribution in [0.1, 0.15) is 46.4 Å². The molecule has 3 aromatic carbocycles. The maximum absolute atomic E-state index is 13.5. The van der Waals surface area contributed by atoms with Gasteiger partial charge in [-0.2, -0.15) is 0 Å². The van der Waals surface area contributed by atoms with Crippen LogP contribution in [0.2, 0.25) is 0 Å². The summed E-state index contributed by atoms with van der Waals surface area (Å²) in [4.78, 5) is 15.5. The van der Waals surface area contributed by atoms with Gasteiger partial charge in [0, 0.05) is 11.6 Å². The van der Waals surface area contributed by atoms with E-state index in [0.29, 0.717) is 0 Å².